The molecule has 3 heterocycles. The van der Waals surface area contributed by atoms with E-state index < -0.39 is 10.0 Å². The number of hydrogen-bond donors (Lipinski definition) is 1. The minimum absolute atomic E-state index is 0.129. The number of sulfonamides is 1. The highest BCUT2D eigenvalue weighted by Crippen LogP contribution is 2.20. The molecule has 3 rings (SSSR count). The van der Waals surface area contributed by atoms with Crippen molar-refractivity contribution in [1.29, 1.82) is 0 Å². The summed E-state index contributed by atoms with van der Waals surface area (Å²) in [6, 6.07) is 1.44. The smallest absolute Gasteiger partial charge is 0.270 e. The Morgan fingerprint density at radius 1 is 1.14 bits per heavy atom. The minimum atomic E-state index is -3.55. The lowest BCUT2D eigenvalue weighted by molar-refractivity contribution is 0.0730. The summed E-state index contributed by atoms with van der Waals surface area (Å²) < 4.78 is 31.5. The predicted octanol–water partition coefficient (Wildman–Crippen LogP) is 0.272. The molecule has 7 nitrogen and oxygen atoms in total. The fraction of sp³-hybridized carbons (Fsp3) is 0.615. The number of amides is 1. The molecular formula is C13H19N3O4S. The molecule has 1 amide bonds. The molecule has 2 aliphatic rings. The zero-order valence-electron chi connectivity index (χ0n) is 11.7. The van der Waals surface area contributed by atoms with Gasteiger partial charge in [0.25, 0.3) is 5.91 Å². The number of carbonyl (C=O) groups excluding carboxylic acids is 1. The van der Waals surface area contributed by atoms with Crippen molar-refractivity contribution in [3.05, 3.63) is 18.0 Å². The first-order valence-electron chi connectivity index (χ1n) is 7.14. The summed E-state index contributed by atoms with van der Waals surface area (Å²) in [5.74, 6) is -0.129. The van der Waals surface area contributed by atoms with Crippen LogP contribution in [0.25, 0.3) is 0 Å². The summed E-state index contributed by atoms with van der Waals surface area (Å²) in [6.07, 6.45) is 3.41. The van der Waals surface area contributed by atoms with Gasteiger partial charge in [-0.15, -0.1) is 0 Å². The molecule has 0 bridgehead atoms. The number of H-pyrrole nitrogens is 1. The van der Waals surface area contributed by atoms with Crippen LogP contribution in [0, 0.1) is 0 Å². The van der Waals surface area contributed by atoms with Crippen LogP contribution < -0.4 is 0 Å². The molecule has 0 radical (unpaired) electrons. The fourth-order valence-electron chi connectivity index (χ4n) is 2.67. The highest BCUT2D eigenvalue weighted by atomic mass is 32.2. The molecule has 0 unspecified atom stereocenters. The van der Waals surface area contributed by atoms with Gasteiger partial charge in [0.05, 0.1) is 13.2 Å². The lowest BCUT2D eigenvalue weighted by Crippen LogP contribution is -2.40. The Balaban J connectivity index is 1.78. The SMILES string of the molecule is O=C(c1cc(S(=O)(=O)N2CCOCC2)c[nH]1)N1CCCC1. The van der Waals surface area contributed by atoms with Gasteiger partial charge in [-0.3, -0.25) is 4.79 Å². The summed E-state index contributed by atoms with van der Waals surface area (Å²) in [5, 5.41) is 0. The lowest BCUT2D eigenvalue weighted by Gasteiger charge is -2.25. The average Bonchev–Trinajstić information content (AvgIpc) is 3.19. The van der Waals surface area contributed by atoms with Gasteiger partial charge >= 0.3 is 0 Å². The summed E-state index contributed by atoms with van der Waals surface area (Å²) >= 11 is 0. The Kier molecular flexibility index (Phi) is 4.01. The van der Waals surface area contributed by atoms with Gasteiger partial charge in [-0.05, 0) is 18.9 Å². The van der Waals surface area contributed by atoms with E-state index in [9.17, 15) is 13.2 Å². The van der Waals surface area contributed by atoms with E-state index in [1.54, 1.807) is 4.90 Å². The number of nitrogens with zero attached hydrogens (tertiary/aromatic N) is 2. The topological polar surface area (TPSA) is 82.7 Å². The van der Waals surface area contributed by atoms with E-state index in [4.69, 9.17) is 4.74 Å². The number of likely N-dealkylation sites (tertiary alicyclic amines) is 1. The third-order valence-electron chi connectivity index (χ3n) is 3.89. The largest absolute Gasteiger partial charge is 0.379 e. The first-order valence-corrected chi connectivity index (χ1v) is 8.58. The monoisotopic (exact) mass is 313 g/mol. The van der Waals surface area contributed by atoms with E-state index >= 15 is 0 Å². The molecule has 116 valence electrons. The summed E-state index contributed by atoms with van der Waals surface area (Å²) in [4.78, 5) is 16.9. The van der Waals surface area contributed by atoms with Gasteiger partial charge in [0, 0.05) is 32.4 Å². The number of carbonyl (C=O) groups is 1. The molecule has 0 aromatic carbocycles. The van der Waals surface area contributed by atoms with Crippen LogP contribution in [-0.4, -0.2) is 67.9 Å². The van der Waals surface area contributed by atoms with Gasteiger partial charge in [0.15, 0.2) is 0 Å². The van der Waals surface area contributed by atoms with E-state index in [0.29, 0.717) is 32.0 Å². The molecule has 1 aromatic heterocycles. The minimum Gasteiger partial charge on any atom is -0.379 e. The highest BCUT2D eigenvalue weighted by Gasteiger charge is 2.29. The molecule has 8 heteroatoms. The molecule has 0 atom stereocenters. The lowest BCUT2D eigenvalue weighted by atomic mass is 10.4. The molecule has 2 saturated heterocycles. The average molecular weight is 313 g/mol. The maximum Gasteiger partial charge on any atom is 0.270 e. The molecule has 0 aliphatic carbocycles. The third-order valence-corrected chi connectivity index (χ3v) is 5.76. The van der Waals surface area contributed by atoms with Gasteiger partial charge in [-0.1, -0.05) is 0 Å². The Hall–Kier alpha value is -1.38. The van der Waals surface area contributed by atoms with E-state index in [2.05, 4.69) is 4.98 Å². The Morgan fingerprint density at radius 3 is 2.48 bits per heavy atom. The second-order valence-electron chi connectivity index (χ2n) is 5.26. The van der Waals surface area contributed by atoms with E-state index in [1.165, 1.54) is 16.6 Å². The van der Waals surface area contributed by atoms with Crippen LogP contribution in [0.2, 0.25) is 0 Å². The van der Waals surface area contributed by atoms with Crippen molar-refractivity contribution in [2.45, 2.75) is 17.7 Å². The highest BCUT2D eigenvalue weighted by molar-refractivity contribution is 7.89. The van der Waals surface area contributed by atoms with Crippen molar-refractivity contribution in [2.75, 3.05) is 39.4 Å². The van der Waals surface area contributed by atoms with Crippen LogP contribution in [0.1, 0.15) is 23.3 Å². The van der Waals surface area contributed by atoms with Gasteiger partial charge in [-0.2, -0.15) is 4.31 Å². The van der Waals surface area contributed by atoms with Crippen molar-refractivity contribution in [2.24, 2.45) is 0 Å². The van der Waals surface area contributed by atoms with Gasteiger partial charge < -0.3 is 14.6 Å². The number of morpholine rings is 1. The van der Waals surface area contributed by atoms with Gasteiger partial charge in [0.2, 0.25) is 10.0 Å². The summed E-state index contributed by atoms with van der Waals surface area (Å²) in [7, 11) is -3.55. The molecular weight excluding hydrogens is 294 g/mol. The molecule has 1 N–H and O–H groups in total. The second kappa shape index (κ2) is 5.78. The molecule has 0 spiro atoms. The normalized spacial score (nSPS) is 20.9. The van der Waals surface area contributed by atoms with E-state index in [1.807, 2.05) is 0 Å². The van der Waals surface area contributed by atoms with Crippen molar-refractivity contribution < 1.29 is 17.9 Å². The zero-order valence-corrected chi connectivity index (χ0v) is 12.6. The van der Waals surface area contributed by atoms with Crippen LogP contribution >= 0.6 is 0 Å². The number of nitrogens with one attached hydrogen (secondary N) is 1. The van der Waals surface area contributed by atoms with Crippen LogP contribution in [0.15, 0.2) is 17.2 Å². The van der Waals surface area contributed by atoms with Crippen LogP contribution in [-0.2, 0) is 14.8 Å². The van der Waals surface area contributed by atoms with Crippen LogP contribution in [0.4, 0.5) is 0 Å². The third kappa shape index (κ3) is 2.83. The van der Waals surface area contributed by atoms with E-state index in [-0.39, 0.29) is 10.8 Å². The first kappa shape index (κ1) is 14.6. The van der Waals surface area contributed by atoms with Crippen molar-refractivity contribution >= 4 is 15.9 Å². The Labute approximate surface area is 123 Å². The number of hydrogen-bond acceptors (Lipinski definition) is 4. The fourth-order valence-corrected chi connectivity index (χ4v) is 4.08. The predicted molar refractivity (Wildman–Crippen MR) is 75.5 cm³/mol. The van der Waals surface area contributed by atoms with Crippen molar-refractivity contribution in [1.82, 2.24) is 14.2 Å². The number of ether oxygens (including phenoxy) is 1. The molecule has 0 saturated carbocycles. The molecule has 2 aliphatic heterocycles. The summed E-state index contributed by atoms with van der Waals surface area (Å²) in [6.45, 7) is 2.99. The van der Waals surface area contributed by atoms with Crippen molar-refractivity contribution in [3.8, 4) is 0 Å². The first-order chi connectivity index (χ1) is 10.1. The van der Waals surface area contributed by atoms with Gasteiger partial charge in [0.1, 0.15) is 10.6 Å². The van der Waals surface area contributed by atoms with E-state index in [0.717, 1.165) is 25.9 Å². The molecule has 1 aromatic rings. The zero-order chi connectivity index (χ0) is 14.9. The van der Waals surface area contributed by atoms with Gasteiger partial charge in [-0.25, -0.2) is 8.42 Å². The second-order valence-corrected chi connectivity index (χ2v) is 7.20. The standard InChI is InChI=1S/C13H19N3O4S/c17-13(15-3-1-2-4-15)12-9-11(10-14-12)21(18,19)16-5-7-20-8-6-16/h9-10,14H,1-8H2. The number of aromatic nitrogens is 1. The molecule has 2 fully saturated rings. The quantitative estimate of drug-likeness (QED) is 0.868. The maximum absolute atomic E-state index is 12.5. The molecule has 21 heavy (non-hydrogen) atoms. The number of aromatic amines is 1. The maximum atomic E-state index is 12.5. The summed E-state index contributed by atoms with van der Waals surface area (Å²) in [5.41, 5.74) is 0.337. The van der Waals surface area contributed by atoms with Crippen LogP contribution in [0.5, 0.6) is 0 Å². The number of rotatable bonds is 3. The van der Waals surface area contributed by atoms with Crippen molar-refractivity contribution in [3.63, 3.8) is 0 Å². The Morgan fingerprint density at radius 2 is 1.81 bits per heavy atom. The Bertz CT molecular complexity index is 613. The van der Waals surface area contributed by atoms with Crippen LogP contribution in [0.3, 0.4) is 0 Å².